The van der Waals surface area contributed by atoms with Gasteiger partial charge in [-0.3, -0.25) is 4.68 Å². The van der Waals surface area contributed by atoms with Crippen LogP contribution in [0, 0.1) is 6.92 Å². The predicted molar refractivity (Wildman–Crippen MR) is 68.4 cm³/mol. The fourth-order valence-corrected chi connectivity index (χ4v) is 1.78. The summed E-state index contributed by atoms with van der Waals surface area (Å²) in [6.07, 6.45) is 8.14. The molecular weight excluding hydrogens is 214 g/mol. The molecule has 0 amide bonds. The molecule has 92 valence electrons. The Morgan fingerprint density at radius 1 is 1.41 bits per heavy atom. The summed E-state index contributed by atoms with van der Waals surface area (Å²) in [5.41, 5.74) is 1.99. The van der Waals surface area contributed by atoms with Gasteiger partial charge in [0.05, 0.1) is 11.4 Å². The average molecular weight is 233 g/mol. The highest BCUT2D eigenvalue weighted by molar-refractivity contribution is 5.55. The maximum absolute atomic E-state index is 4.33. The number of anilines is 2. The van der Waals surface area contributed by atoms with E-state index >= 15 is 0 Å². The van der Waals surface area contributed by atoms with Crippen LogP contribution in [0.15, 0.2) is 18.6 Å². The van der Waals surface area contributed by atoms with Crippen LogP contribution in [0.5, 0.6) is 0 Å². The number of aromatic nitrogens is 4. The van der Waals surface area contributed by atoms with Gasteiger partial charge in [-0.05, 0) is 13.3 Å². The van der Waals surface area contributed by atoms with Crippen molar-refractivity contribution < 1.29 is 0 Å². The second kappa shape index (κ2) is 5.03. The van der Waals surface area contributed by atoms with Gasteiger partial charge in [0.1, 0.15) is 0 Å². The van der Waals surface area contributed by atoms with Crippen molar-refractivity contribution in [2.24, 2.45) is 7.05 Å². The van der Waals surface area contributed by atoms with Gasteiger partial charge in [-0.15, -0.1) is 0 Å². The van der Waals surface area contributed by atoms with Gasteiger partial charge in [0.15, 0.2) is 0 Å². The Balaban J connectivity index is 2.13. The summed E-state index contributed by atoms with van der Waals surface area (Å²) in [5, 5.41) is 7.62. The van der Waals surface area contributed by atoms with Crippen LogP contribution in [0.4, 0.5) is 11.6 Å². The van der Waals surface area contributed by atoms with E-state index in [1.54, 1.807) is 4.68 Å². The van der Waals surface area contributed by atoms with E-state index in [0.29, 0.717) is 0 Å². The maximum Gasteiger partial charge on any atom is 0.207 e. The van der Waals surface area contributed by atoms with Crippen LogP contribution in [0.1, 0.15) is 25.5 Å². The molecule has 1 N–H and O–H groups in total. The third-order valence-electron chi connectivity index (χ3n) is 2.73. The lowest BCUT2D eigenvalue weighted by atomic mass is 10.3. The summed E-state index contributed by atoms with van der Waals surface area (Å²) in [7, 11) is 1.92. The first-order chi connectivity index (χ1) is 8.20. The van der Waals surface area contributed by atoms with Gasteiger partial charge >= 0.3 is 0 Å². The minimum absolute atomic E-state index is 0.884. The first-order valence-corrected chi connectivity index (χ1v) is 5.99. The van der Waals surface area contributed by atoms with Crippen LogP contribution in [-0.2, 0) is 13.6 Å². The molecule has 0 atom stereocenters. The molecule has 2 aromatic rings. The molecule has 5 nitrogen and oxygen atoms in total. The minimum Gasteiger partial charge on any atom is -0.323 e. The molecule has 2 aromatic heterocycles. The Kier molecular flexibility index (Phi) is 3.46. The molecule has 0 aromatic carbocycles. The number of hydrogen-bond acceptors (Lipinski definition) is 3. The Morgan fingerprint density at radius 2 is 2.24 bits per heavy atom. The topological polar surface area (TPSA) is 47.7 Å². The standard InChI is InChI=1S/C12H19N5/c1-4-5-7-17-8-6-13-12(17)14-11-9-16(3)15-10(11)2/h6,8-9H,4-5,7H2,1-3H3,(H,13,14). The van der Waals surface area contributed by atoms with Gasteiger partial charge in [0.2, 0.25) is 5.95 Å². The SMILES string of the molecule is CCCCn1ccnc1Nc1cn(C)nc1C. The number of aryl methyl sites for hydroxylation is 3. The molecule has 0 fully saturated rings. The number of nitrogens with one attached hydrogen (secondary N) is 1. The molecule has 0 saturated heterocycles. The normalized spacial score (nSPS) is 10.8. The number of nitrogens with zero attached hydrogens (tertiary/aromatic N) is 4. The lowest BCUT2D eigenvalue weighted by Gasteiger charge is -2.08. The lowest BCUT2D eigenvalue weighted by Crippen LogP contribution is -2.03. The number of imidazole rings is 1. The fourth-order valence-electron chi connectivity index (χ4n) is 1.78. The molecular formula is C12H19N5. The van der Waals surface area contributed by atoms with E-state index in [0.717, 1.165) is 30.3 Å². The molecule has 0 unspecified atom stereocenters. The van der Waals surface area contributed by atoms with E-state index < -0.39 is 0 Å². The number of unbranched alkanes of at least 4 members (excludes halogenated alkanes) is 1. The summed E-state index contributed by atoms with van der Waals surface area (Å²) >= 11 is 0. The van der Waals surface area contributed by atoms with Gasteiger partial charge in [-0.1, -0.05) is 13.3 Å². The van der Waals surface area contributed by atoms with Crippen LogP contribution in [0.2, 0.25) is 0 Å². The van der Waals surface area contributed by atoms with Crippen molar-refractivity contribution in [1.82, 2.24) is 19.3 Å². The summed E-state index contributed by atoms with van der Waals surface area (Å²) in [4.78, 5) is 4.33. The zero-order chi connectivity index (χ0) is 12.3. The van der Waals surface area contributed by atoms with Gasteiger partial charge in [-0.2, -0.15) is 5.10 Å². The highest BCUT2D eigenvalue weighted by Gasteiger charge is 2.07. The molecule has 0 aliphatic carbocycles. The predicted octanol–water partition coefficient (Wildman–Crippen LogP) is 2.47. The maximum atomic E-state index is 4.33. The third kappa shape index (κ3) is 2.67. The van der Waals surface area contributed by atoms with Crippen LogP contribution in [0.3, 0.4) is 0 Å². The molecule has 2 heterocycles. The van der Waals surface area contributed by atoms with Gasteiger partial charge in [0, 0.05) is 32.2 Å². The highest BCUT2D eigenvalue weighted by Crippen LogP contribution is 2.18. The number of hydrogen-bond donors (Lipinski definition) is 1. The molecule has 0 aliphatic rings. The van der Waals surface area contributed by atoms with Gasteiger partial charge < -0.3 is 9.88 Å². The second-order valence-corrected chi connectivity index (χ2v) is 4.22. The summed E-state index contributed by atoms with van der Waals surface area (Å²) in [5.74, 6) is 0.884. The summed E-state index contributed by atoms with van der Waals surface area (Å²) in [6, 6.07) is 0. The quantitative estimate of drug-likeness (QED) is 0.863. The van der Waals surface area contributed by atoms with Crippen molar-refractivity contribution in [2.45, 2.75) is 33.2 Å². The monoisotopic (exact) mass is 233 g/mol. The van der Waals surface area contributed by atoms with Gasteiger partial charge in [0.25, 0.3) is 0 Å². The third-order valence-corrected chi connectivity index (χ3v) is 2.73. The van der Waals surface area contributed by atoms with Crippen molar-refractivity contribution in [3.05, 3.63) is 24.3 Å². The first kappa shape index (κ1) is 11.7. The minimum atomic E-state index is 0.884. The zero-order valence-electron chi connectivity index (χ0n) is 10.6. The molecule has 0 aliphatic heterocycles. The Morgan fingerprint density at radius 3 is 2.88 bits per heavy atom. The Bertz CT molecular complexity index is 483. The average Bonchev–Trinajstić information content (AvgIpc) is 2.84. The van der Waals surface area contributed by atoms with E-state index in [9.17, 15) is 0 Å². The van der Waals surface area contributed by atoms with E-state index in [2.05, 4.69) is 26.9 Å². The van der Waals surface area contributed by atoms with E-state index in [1.165, 1.54) is 6.42 Å². The molecule has 2 rings (SSSR count). The van der Waals surface area contributed by atoms with E-state index in [4.69, 9.17) is 0 Å². The fraction of sp³-hybridized carbons (Fsp3) is 0.500. The molecule has 17 heavy (non-hydrogen) atoms. The van der Waals surface area contributed by atoms with Gasteiger partial charge in [-0.25, -0.2) is 4.98 Å². The Labute approximate surface area is 101 Å². The smallest absolute Gasteiger partial charge is 0.207 e. The van der Waals surface area contributed by atoms with E-state index in [-0.39, 0.29) is 0 Å². The summed E-state index contributed by atoms with van der Waals surface area (Å²) in [6.45, 7) is 5.18. The molecule has 0 bridgehead atoms. The molecule has 0 saturated carbocycles. The highest BCUT2D eigenvalue weighted by atomic mass is 15.3. The second-order valence-electron chi connectivity index (χ2n) is 4.22. The van der Waals surface area contributed by atoms with Crippen molar-refractivity contribution in [3.8, 4) is 0 Å². The largest absolute Gasteiger partial charge is 0.323 e. The van der Waals surface area contributed by atoms with E-state index in [1.807, 2.05) is 32.6 Å². The van der Waals surface area contributed by atoms with Crippen LogP contribution < -0.4 is 5.32 Å². The van der Waals surface area contributed by atoms with Crippen molar-refractivity contribution in [1.29, 1.82) is 0 Å². The van der Waals surface area contributed by atoms with Crippen LogP contribution in [-0.4, -0.2) is 19.3 Å². The first-order valence-electron chi connectivity index (χ1n) is 5.99. The molecule has 5 heteroatoms. The van der Waals surface area contributed by atoms with Crippen molar-refractivity contribution in [3.63, 3.8) is 0 Å². The van der Waals surface area contributed by atoms with Crippen LogP contribution >= 0.6 is 0 Å². The van der Waals surface area contributed by atoms with Crippen molar-refractivity contribution in [2.75, 3.05) is 5.32 Å². The molecule has 0 spiro atoms. The lowest BCUT2D eigenvalue weighted by molar-refractivity contribution is 0.638. The molecule has 0 radical (unpaired) electrons. The number of rotatable bonds is 5. The Hall–Kier alpha value is -1.78. The zero-order valence-corrected chi connectivity index (χ0v) is 10.6. The summed E-state index contributed by atoms with van der Waals surface area (Å²) < 4.78 is 3.94. The van der Waals surface area contributed by atoms with Crippen LogP contribution in [0.25, 0.3) is 0 Å². The van der Waals surface area contributed by atoms with Crippen molar-refractivity contribution >= 4 is 11.6 Å².